The molecular formula is C7H7IO3. The number of ether oxygens (including phenoxy) is 2. The summed E-state index contributed by atoms with van der Waals surface area (Å²) in [5, 5.41) is 0. The molecule has 0 spiro atoms. The second kappa shape index (κ2) is 1.90. The molecule has 60 valence electrons. The van der Waals surface area contributed by atoms with Gasteiger partial charge in [-0.15, -0.1) is 0 Å². The number of alkyl halides is 1. The molecule has 3 aliphatic heterocycles. The summed E-state index contributed by atoms with van der Waals surface area (Å²) in [4.78, 5) is 11.1. The van der Waals surface area contributed by atoms with Crippen LogP contribution >= 0.6 is 22.6 Å². The highest BCUT2D eigenvalue weighted by molar-refractivity contribution is 14.1. The molecule has 5 atom stereocenters. The summed E-state index contributed by atoms with van der Waals surface area (Å²) >= 11 is 2.32. The normalized spacial score (nSPS) is 58.6. The largest absolute Gasteiger partial charge is 0.458 e. The zero-order valence-corrected chi connectivity index (χ0v) is 7.85. The third-order valence-corrected chi connectivity index (χ3v) is 4.27. The molecule has 4 heteroatoms. The number of carbonyl (C=O) groups excluding carboxylic acids is 1. The fourth-order valence-electron chi connectivity index (χ4n) is 2.22. The molecule has 0 aliphatic carbocycles. The van der Waals surface area contributed by atoms with E-state index in [4.69, 9.17) is 9.47 Å². The Labute approximate surface area is 77.6 Å². The van der Waals surface area contributed by atoms with Crippen molar-refractivity contribution in [2.45, 2.75) is 28.7 Å². The Morgan fingerprint density at radius 2 is 2.27 bits per heavy atom. The van der Waals surface area contributed by atoms with Crippen LogP contribution in [0.15, 0.2) is 0 Å². The highest BCUT2D eigenvalue weighted by Gasteiger charge is 2.62. The lowest BCUT2D eigenvalue weighted by Crippen LogP contribution is -2.31. The van der Waals surface area contributed by atoms with E-state index >= 15 is 0 Å². The van der Waals surface area contributed by atoms with E-state index in [1.807, 2.05) is 0 Å². The SMILES string of the molecule is O=C1O[C@@H]2[C@H](I)[C@@H]3C[C@@H]1[C@H]2O3. The Morgan fingerprint density at radius 1 is 1.45 bits per heavy atom. The first-order valence-electron chi connectivity index (χ1n) is 3.77. The second-order valence-electron chi connectivity index (χ2n) is 3.33. The molecule has 2 bridgehead atoms. The first-order chi connectivity index (χ1) is 5.27. The highest BCUT2D eigenvalue weighted by atomic mass is 127. The van der Waals surface area contributed by atoms with Crippen molar-refractivity contribution < 1.29 is 14.3 Å². The van der Waals surface area contributed by atoms with Crippen LogP contribution in [0.1, 0.15) is 6.42 Å². The van der Waals surface area contributed by atoms with Gasteiger partial charge in [0.15, 0.2) is 0 Å². The summed E-state index contributed by atoms with van der Waals surface area (Å²) in [6, 6.07) is 0. The number of hydrogen-bond acceptors (Lipinski definition) is 3. The molecule has 0 N–H and O–H groups in total. The van der Waals surface area contributed by atoms with Crippen molar-refractivity contribution in [1.82, 2.24) is 0 Å². The molecule has 3 rings (SSSR count). The molecule has 0 aromatic carbocycles. The van der Waals surface area contributed by atoms with Crippen LogP contribution in [0.2, 0.25) is 0 Å². The van der Waals surface area contributed by atoms with Crippen molar-refractivity contribution in [2.24, 2.45) is 5.92 Å². The number of carbonyl (C=O) groups is 1. The maximum Gasteiger partial charge on any atom is 0.312 e. The van der Waals surface area contributed by atoms with Crippen molar-refractivity contribution in [1.29, 1.82) is 0 Å². The molecule has 3 nitrogen and oxygen atoms in total. The summed E-state index contributed by atoms with van der Waals surface area (Å²) in [5.74, 6) is 0.0256. The van der Waals surface area contributed by atoms with Gasteiger partial charge in [0, 0.05) is 0 Å². The standard InChI is InChI=1S/C7H7IO3/c8-4-3-1-2-5(10-3)6(4)11-7(2)9/h2-6H,1H2/t2-,3+,4-,5-,6-/m1/s1. The lowest BCUT2D eigenvalue weighted by Gasteiger charge is -2.14. The number of halogens is 1. The minimum absolute atomic E-state index is 0.0401. The van der Waals surface area contributed by atoms with Crippen LogP contribution in [0, 0.1) is 5.92 Å². The zero-order chi connectivity index (χ0) is 7.59. The van der Waals surface area contributed by atoms with Gasteiger partial charge in [-0.25, -0.2) is 0 Å². The van der Waals surface area contributed by atoms with Crippen LogP contribution in [0.3, 0.4) is 0 Å². The third kappa shape index (κ3) is 0.654. The number of fused-ring (bicyclic) bond motifs is 1. The summed E-state index contributed by atoms with van der Waals surface area (Å²) in [7, 11) is 0. The molecule has 3 heterocycles. The molecule has 0 amide bonds. The van der Waals surface area contributed by atoms with E-state index in [9.17, 15) is 4.79 Å². The molecular weight excluding hydrogens is 259 g/mol. The Morgan fingerprint density at radius 3 is 2.91 bits per heavy atom. The smallest absolute Gasteiger partial charge is 0.312 e. The maximum absolute atomic E-state index is 11.1. The summed E-state index contributed by atoms with van der Waals surface area (Å²) < 4.78 is 11.2. The average molecular weight is 266 g/mol. The van der Waals surface area contributed by atoms with Crippen molar-refractivity contribution in [3.8, 4) is 0 Å². The van der Waals surface area contributed by atoms with Gasteiger partial charge in [-0.3, -0.25) is 4.79 Å². The van der Waals surface area contributed by atoms with Gasteiger partial charge in [-0.2, -0.15) is 0 Å². The van der Waals surface area contributed by atoms with E-state index in [1.165, 1.54) is 0 Å². The topological polar surface area (TPSA) is 35.5 Å². The first kappa shape index (κ1) is 6.65. The lowest BCUT2D eigenvalue weighted by molar-refractivity contribution is -0.143. The maximum atomic E-state index is 11.1. The van der Waals surface area contributed by atoms with Gasteiger partial charge in [0.1, 0.15) is 12.2 Å². The number of hydrogen-bond donors (Lipinski definition) is 0. The van der Waals surface area contributed by atoms with Gasteiger partial charge >= 0.3 is 5.97 Å². The summed E-state index contributed by atoms with van der Waals surface area (Å²) in [6.45, 7) is 0. The summed E-state index contributed by atoms with van der Waals surface area (Å²) in [5.41, 5.74) is 0. The predicted octanol–water partition coefficient (Wildman–Crippen LogP) is 0.503. The van der Waals surface area contributed by atoms with Crippen LogP contribution in [0.25, 0.3) is 0 Å². The Balaban J connectivity index is 2.04. The van der Waals surface area contributed by atoms with Gasteiger partial charge in [-0.05, 0) is 6.42 Å². The van der Waals surface area contributed by atoms with Crippen molar-refractivity contribution in [2.75, 3.05) is 0 Å². The Kier molecular flexibility index (Phi) is 1.15. The molecule has 11 heavy (non-hydrogen) atoms. The van der Waals surface area contributed by atoms with E-state index in [0.717, 1.165) is 6.42 Å². The number of rotatable bonds is 0. The monoisotopic (exact) mass is 266 g/mol. The molecule has 3 aliphatic rings. The van der Waals surface area contributed by atoms with E-state index in [0.29, 0.717) is 3.92 Å². The van der Waals surface area contributed by atoms with Crippen LogP contribution in [-0.4, -0.2) is 28.2 Å². The van der Waals surface area contributed by atoms with Crippen molar-refractivity contribution >= 4 is 28.6 Å². The van der Waals surface area contributed by atoms with Crippen molar-refractivity contribution in [3.05, 3.63) is 0 Å². The van der Waals surface area contributed by atoms with Gasteiger partial charge < -0.3 is 9.47 Å². The quantitative estimate of drug-likeness (QED) is 0.364. The third-order valence-electron chi connectivity index (χ3n) is 2.76. The van der Waals surface area contributed by atoms with Crippen LogP contribution in [0.4, 0.5) is 0 Å². The minimum Gasteiger partial charge on any atom is -0.458 e. The van der Waals surface area contributed by atoms with Gasteiger partial charge in [0.05, 0.1) is 15.9 Å². The molecule has 0 aromatic rings. The fraction of sp³-hybridized carbons (Fsp3) is 0.857. The van der Waals surface area contributed by atoms with Crippen LogP contribution < -0.4 is 0 Å². The lowest BCUT2D eigenvalue weighted by atomic mass is 9.90. The van der Waals surface area contributed by atoms with Crippen LogP contribution in [-0.2, 0) is 14.3 Å². The minimum atomic E-state index is -0.0401. The molecule has 3 fully saturated rings. The van der Waals surface area contributed by atoms with Gasteiger partial charge in [0.25, 0.3) is 0 Å². The van der Waals surface area contributed by atoms with E-state index in [1.54, 1.807) is 0 Å². The van der Waals surface area contributed by atoms with E-state index in [-0.39, 0.29) is 30.2 Å². The van der Waals surface area contributed by atoms with Crippen molar-refractivity contribution in [3.63, 3.8) is 0 Å². The molecule has 0 radical (unpaired) electrons. The molecule has 0 saturated carbocycles. The highest BCUT2D eigenvalue weighted by Crippen LogP contribution is 2.48. The predicted molar refractivity (Wildman–Crippen MR) is 44.5 cm³/mol. The molecule has 0 unspecified atom stereocenters. The summed E-state index contributed by atoms with van der Waals surface area (Å²) in [6.07, 6.45) is 1.32. The molecule has 0 aromatic heterocycles. The van der Waals surface area contributed by atoms with E-state index < -0.39 is 0 Å². The first-order valence-corrected chi connectivity index (χ1v) is 5.02. The Bertz CT molecular complexity index is 230. The zero-order valence-electron chi connectivity index (χ0n) is 5.70. The molecule has 3 saturated heterocycles. The number of esters is 1. The van der Waals surface area contributed by atoms with Crippen LogP contribution in [0.5, 0.6) is 0 Å². The fourth-order valence-corrected chi connectivity index (χ4v) is 3.24. The second-order valence-corrected chi connectivity index (χ2v) is 4.77. The van der Waals surface area contributed by atoms with Gasteiger partial charge in [0.2, 0.25) is 0 Å². The Hall–Kier alpha value is 0.160. The van der Waals surface area contributed by atoms with Gasteiger partial charge in [-0.1, -0.05) is 22.6 Å². The average Bonchev–Trinajstić information content (AvgIpc) is 2.53. The van der Waals surface area contributed by atoms with E-state index in [2.05, 4.69) is 22.6 Å².